The number of aromatic nitrogens is 2. The van der Waals surface area contributed by atoms with Gasteiger partial charge < -0.3 is 5.32 Å². The largest absolute Gasteiger partial charge is 0.346 e. The molecule has 0 saturated carbocycles. The van der Waals surface area contributed by atoms with Crippen LogP contribution in [-0.2, 0) is 0 Å². The van der Waals surface area contributed by atoms with Gasteiger partial charge in [-0.1, -0.05) is 23.8 Å². The monoisotopic (exact) mass is 251 g/mol. The van der Waals surface area contributed by atoms with Gasteiger partial charge in [0.2, 0.25) is 0 Å². The minimum atomic E-state index is 0.647. The lowest BCUT2D eigenvalue weighted by Gasteiger charge is -2.06. The van der Waals surface area contributed by atoms with E-state index in [0.29, 0.717) is 10.0 Å². The summed E-state index contributed by atoms with van der Waals surface area (Å²) in [6, 6.07) is 7.39. The van der Waals surface area contributed by atoms with Crippen LogP contribution in [0.25, 0.3) is 0 Å². The van der Waals surface area contributed by atoms with Gasteiger partial charge in [0.15, 0.2) is 0 Å². The third-order valence-corrected chi connectivity index (χ3v) is 2.75. The molecular weight excluding hydrogens is 242 g/mol. The van der Waals surface area contributed by atoms with Gasteiger partial charge in [-0.2, -0.15) is 5.10 Å². The Morgan fingerprint density at radius 2 is 2.06 bits per heavy atom. The van der Waals surface area contributed by atoms with Gasteiger partial charge >= 0.3 is 0 Å². The molecule has 0 spiro atoms. The summed E-state index contributed by atoms with van der Waals surface area (Å²) in [6.45, 7) is 1.93. The standard InChI is InChI=1S/C11H10ClN3S/c1-7-10(6-13-15-7)11(16)14-9-4-2-8(12)3-5-9/h2-6H,1H3,(H,13,15)(H,14,16). The average molecular weight is 252 g/mol. The molecule has 2 N–H and O–H groups in total. The fourth-order valence-electron chi connectivity index (χ4n) is 1.31. The topological polar surface area (TPSA) is 40.7 Å². The molecule has 0 aliphatic rings. The smallest absolute Gasteiger partial charge is 0.114 e. The third-order valence-electron chi connectivity index (χ3n) is 2.18. The Labute approximate surface area is 104 Å². The maximum absolute atomic E-state index is 5.80. The Morgan fingerprint density at radius 1 is 1.38 bits per heavy atom. The van der Waals surface area contributed by atoms with Crippen molar-refractivity contribution in [1.29, 1.82) is 0 Å². The molecule has 0 amide bonds. The zero-order valence-electron chi connectivity index (χ0n) is 8.62. The van der Waals surface area contributed by atoms with Crippen molar-refractivity contribution in [3.05, 3.63) is 46.7 Å². The molecule has 1 heterocycles. The molecule has 0 radical (unpaired) electrons. The summed E-state index contributed by atoms with van der Waals surface area (Å²) < 4.78 is 0. The lowest BCUT2D eigenvalue weighted by molar-refractivity contribution is 1.05. The zero-order chi connectivity index (χ0) is 11.5. The summed E-state index contributed by atoms with van der Waals surface area (Å²) in [5.74, 6) is 0. The van der Waals surface area contributed by atoms with Gasteiger partial charge in [0.1, 0.15) is 4.99 Å². The van der Waals surface area contributed by atoms with Gasteiger partial charge in [-0.05, 0) is 31.2 Å². The summed E-state index contributed by atoms with van der Waals surface area (Å²) in [5.41, 5.74) is 2.77. The normalized spacial score (nSPS) is 10.1. The minimum Gasteiger partial charge on any atom is -0.346 e. The van der Waals surface area contributed by atoms with Crippen LogP contribution < -0.4 is 5.32 Å². The molecule has 0 aliphatic heterocycles. The molecule has 0 fully saturated rings. The Balaban J connectivity index is 2.14. The van der Waals surface area contributed by atoms with Crippen LogP contribution in [0, 0.1) is 6.92 Å². The molecule has 0 saturated heterocycles. The van der Waals surface area contributed by atoms with Crippen molar-refractivity contribution in [2.24, 2.45) is 0 Å². The maximum Gasteiger partial charge on any atom is 0.114 e. The molecule has 82 valence electrons. The van der Waals surface area contributed by atoms with Crippen molar-refractivity contribution in [3.8, 4) is 0 Å². The quantitative estimate of drug-likeness (QED) is 0.806. The van der Waals surface area contributed by atoms with Crippen molar-refractivity contribution in [3.63, 3.8) is 0 Å². The van der Waals surface area contributed by atoms with E-state index in [1.54, 1.807) is 6.20 Å². The van der Waals surface area contributed by atoms with Crippen molar-refractivity contribution in [2.75, 3.05) is 5.32 Å². The highest BCUT2D eigenvalue weighted by atomic mass is 35.5. The maximum atomic E-state index is 5.80. The van der Waals surface area contributed by atoms with E-state index >= 15 is 0 Å². The Bertz CT molecular complexity index is 504. The number of thiocarbonyl (C=S) groups is 1. The fourth-order valence-corrected chi connectivity index (χ4v) is 1.76. The number of hydrogen-bond donors (Lipinski definition) is 2. The first-order valence-corrected chi connectivity index (χ1v) is 5.52. The summed E-state index contributed by atoms with van der Waals surface area (Å²) in [5, 5.41) is 10.6. The van der Waals surface area contributed by atoms with Gasteiger partial charge in [-0.15, -0.1) is 0 Å². The number of nitrogens with one attached hydrogen (secondary N) is 2. The Kier molecular flexibility index (Phi) is 3.22. The van der Waals surface area contributed by atoms with Crippen LogP contribution in [0.5, 0.6) is 0 Å². The fraction of sp³-hybridized carbons (Fsp3) is 0.0909. The van der Waals surface area contributed by atoms with Crippen molar-refractivity contribution in [2.45, 2.75) is 6.92 Å². The van der Waals surface area contributed by atoms with Crippen molar-refractivity contribution < 1.29 is 0 Å². The van der Waals surface area contributed by atoms with E-state index in [1.165, 1.54) is 0 Å². The van der Waals surface area contributed by atoms with Crippen LogP contribution in [0.3, 0.4) is 0 Å². The number of aryl methyl sites for hydroxylation is 1. The number of hydrogen-bond acceptors (Lipinski definition) is 2. The van der Waals surface area contributed by atoms with E-state index in [9.17, 15) is 0 Å². The number of aromatic amines is 1. The van der Waals surface area contributed by atoms with Crippen LogP contribution in [0.4, 0.5) is 5.69 Å². The summed E-state index contributed by atoms with van der Waals surface area (Å²) in [4.78, 5) is 0.647. The molecule has 2 rings (SSSR count). The third kappa shape index (κ3) is 2.40. The number of benzene rings is 1. The Hall–Kier alpha value is -1.39. The molecule has 3 nitrogen and oxygen atoms in total. The zero-order valence-corrected chi connectivity index (χ0v) is 10.2. The lowest BCUT2D eigenvalue weighted by Crippen LogP contribution is -2.10. The molecule has 0 unspecified atom stereocenters. The molecule has 0 atom stereocenters. The lowest BCUT2D eigenvalue weighted by atomic mass is 10.2. The second kappa shape index (κ2) is 4.63. The highest BCUT2D eigenvalue weighted by molar-refractivity contribution is 7.81. The number of halogens is 1. The van der Waals surface area contributed by atoms with E-state index in [0.717, 1.165) is 16.9 Å². The van der Waals surface area contributed by atoms with E-state index < -0.39 is 0 Å². The minimum absolute atomic E-state index is 0.647. The van der Waals surface area contributed by atoms with Crippen LogP contribution in [0.1, 0.15) is 11.3 Å². The summed E-state index contributed by atoms with van der Waals surface area (Å²) >= 11 is 11.1. The molecule has 1 aromatic carbocycles. The number of anilines is 1. The second-order valence-electron chi connectivity index (χ2n) is 3.37. The highest BCUT2D eigenvalue weighted by Crippen LogP contribution is 2.15. The van der Waals surface area contributed by atoms with Gasteiger partial charge in [-0.25, -0.2) is 0 Å². The van der Waals surface area contributed by atoms with E-state index in [-0.39, 0.29) is 0 Å². The second-order valence-corrected chi connectivity index (χ2v) is 4.21. The molecule has 0 bridgehead atoms. The molecule has 16 heavy (non-hydrogen) atoms. The molecule has 1 aromatic heterocycles. The highest BCUT2D eigenvalue weighted by Gasteiger charge is 2.06. The van der Waals surface area contributed by atoms with E-state index in [2.05, 4.69) is 15.5 Å². The summed E-state index contributed by atoms with van der Waals surface area (Å²) in [7, 11) is 0. The number of rotatable bonds is 2. The number of nitrogens with zero attached hydrogens (tertiary/aromatic N) is 1. The van der Waals surface area contributed by atoms with Crippen LogP contribution in [-0.4, -0.2) is 15.2 Å². The molecule has 5 heteroatoms. The van der Waals surface area contributed by atoms with Crippen molar-refractivity contribution >= 4 is 34.5 Å². The van der Waals surface area contributed by atoms with Gasteiger partial charge in [-0.3, -0.25) is 5.10 Å². The van der Waals surface area contributed by atoms with Gasteiger partial charge in [0.25, 0.3) is 0 Å². The SMILES string of the molecule is Cc1[nH]ncc1C(=S)Nc1ccc(Cl)cc1. The predicted octanol–water partition coefficient (Wildman–Crippen LogP) is 3.16. The first-order valence-electron chi connectivity index (χ1n) is 4.73. The van der Waals surface area contributed by atoms with E-state index in [4.69, 9.17) is 23.8 Å². The van der Waals surface area contributed by atoms with Crippen LogP contribution >= 0.6 is 23.8 Å². The predicted molar refractivity (Wildman–Crippen MR) is 70.1 cm³/mol. The van der Waals surface area contributed by atoms with Crippen LogP contribution in [0.2, 0.25) is 5.02 Å². The summed E-state index contributed by atoms with van der Waals surface area (Å²) in [6.07, 6.45) is 1.71. The van der Waals surface area contributed by atoms with Crippen molar-refractivity contribution in [1.82, 2.24) is 10.2 Å². The molecular formula is C11H10ClN3S. The molecule has 0 aliphatic carbocycles. The first-order chi connectivity index (χ1) is 7.66. The van der Waals surface area contributed by atoms with E-state index in [1.807, 2.05) is 31.2 Å². The van der Waals surface area contributed by atoms with Crippen LogP contribution in [0.15, 0.2) is 30.5 Å². The van der Waals surface area contributed by atoms with Gasteiger partial charge in [0.05, 0.1) is 6.20 Å². The Morgan fingerprint density at radius 3 is 2.62 bits per heavy atom. The number of H-pyrrole nitrogens is 1. The average Bonchev–Trinajstić information content (AvgIpc) is 2.68. The first kappa shape index (κ1) is 11.1. The van der Waals surface area contributed by atoms with Gasteiger partial charge in [0, 0.05) is 22.0 Å². The molecule has 2 aromatic rings.